The van der Waals surface area contributed by atoms with Crippen LogP contribution in [0.4, 0.5) is 0 Å². The van der Waals surface area contributed by atoms with Crippen LogP contribution in [0.5, 0.6) is 0 Å². The van der Waals surface area contributed by atoms with Gasteiger partial charge in [-0.15, -0.1) is 0 Å². The van der Waals surface area contributed by atoms with Gasteiger partial charge in [0.1, 0.15) is 0 Å². The molecule has 21 heavy (non-hydrogen) atoms. The predicted molar refractivity (Wildman–Crippen MR) is 87.7 cm³/mol. The van der Waals surface area contributed by atoms with Crippen LogP contribution in [0, 0.1) is 19.8 Å². The Morgan fingerprint density at radius 3 is 2.62 bits per heavy atom. The molecular formula is C18H28N2O. The highest BCUT2D eigenvalue weighted by atomic mass is 16.2. The lowest BCUT2D eigenvalue weighted by Crippen LogP contribution is -2.41. The minimum Gasteiger partial charge on any atom is -0.338 e. The summed E-state index contributed by atoms with van der Waals surface area (Å²) in [4.78, 5) is 15.0. The van der Waals surface area contributed by atoms with Crippen molar-refractivity contribution in [2.24, 2.45) is 5.92 Å². The van der Waals surface area contributed by atoms with Crippen LogP contribution in [0.2, 0.25) is 0 Å². The molecule has 0 aliphatic carbocycles. The summed E-state index contributed by atoms with van der Waals surface area (Å²) < 4.78 is 0. The summed E-state index contributed by atoms with van der Waals surface area (Å²) >= 11 is 0. The third-order valence-corrected chi connectivity index (χ3v) is 4.35. The van der Waals surface area contributed by atoms with Crippen LogP contribution in [0.3, 0.4) is 0 Å². The smallest absolute Gasteiger partial charge is 0.254 e. The summed E-state index contributed by atoms with van der Waals surface area (Å²) in [5.41, 5.74) is 3.07. The van der Waals surface area contributed by atoms with E-state index in [0.29, 0.717) is 5.92 Å². The normalized spacial score (nSPS) is 18.5. The van der Waals surface area contributed by atoms with Gasteiger partial charge in [0.05, 0.1) is 0 Å². The number of rotatable bonds is 5. The maximum atomic E-state index is 13.0. The summed E-state index contributed by atoms with van der Waals surface area (Å²) in [6.07, 6.45) is 3.46. The fraction of sp³-hybridized carbons (Fsp3) is 0.611. The average Bonchev–Trinajstić information content (AvgIpc) is 2.47. The standard InChI is InChI=1S/C18H28N2O/c1-4-11-20(13-16-9-6-10-19-12-16)18(21)17-14(2)7-5-8-15(17)3/h5,7-8,16,19H,4,6,9-13H2,1-3H3. The highest BCUT2D eigenvalue weighted by Gasteiger charge is 2.23. The lowest BCUT2D eigenvalue weighted by Gasteiger charge is -2.31. The maximum absolute atomic E-state index is 13.0. The Kier molecular flexibility index (Phi) is 5.80. The van der Waals surface area contributed by atoms with E-state index >= 15 is 0 Å². The van der Waals surface area contributed by atoms with Crippen molar-refractivity contribution in [1.82, 2.24) is 10.2 Å². The zero-order valence-corrected chi connectivity index (χ0v) is 13.6. The van der Waals surface area contributed by atoms with Gasteiger partial charge in [-0.2, -0.15) is 0 Å². The van der Waals surface area contributed by atoms with Gasteiger partial charge in [-0.25, -0.2) is 0 Å². The van der Waals surface area contributed by atoms with Crippen molar-refractivity contribution in [1.29, 1.82) is 0 Å². The molecule has 1 aromatic carbocycles. The SMILES string of the molecule is CCCN(CC1CCCNC1)C(=O)c1c(C)cccc1C. The van der Waals surface area contributed by atoms with E-state index in [-0.39, 0.29) is 5.91 Å². The molecular weight excluding hydrogens is 260 g/mol. The molecule has 3 heteroatoms. The molecule has 0 spiro atoms. The second kappa shape index (κ2) is 7.60. The summed E-state index contributed by atoms with van der Waals surface area (Å²) in [6, 6.07) is 6.09. The van der Waals surface area contributed by atoms with Gasteiger partial charge in [-0.3, -0.25) is 4.79 Å². The van der Waals surface area contributed by atoms with Crippen LogP contribution < -0.4 is 5.32 Å². The van der Waals surface area contributed by atoms with E-state index in [9.17, 15) is 4.79 Å². The van der Waals surface area contributed by atoms with Crippen molar-refractivity contribution in [3.8, 4) is 0 Å². The molecule has 116 valence electrons. The van der Waals surface area contributed by atoms with Crippen LogP contribution in [0.25, 0.3) is 0 Å². The van der Waals surface area contributed by atoms with E-state index in [1.54, 1.807) is 0 Å². The average molecular weight is 288 g/mol. The van der Waals surface area contributed by atoms with E-state index in [2.05, 4.69) is 17.1 Å². The first kappa shape index (κ1) is 16.0. The Balaban J connectivity index is 2.14. The molecule has 1 fully saturated rings. The van der Waals surface area contributed by atoms with Crippen molar-refractivity contribution >= 4 is 5.91 Å². The quantitative estimate of drug-likeness (QED) is 0.902. The molecule has 0 aromatic heterocycles. The molecule has 1 aromatic rings. The van der Waals surface area contributed by atoms with Gasteiger partial charge in [0.2, 0.25) is 0 Å². The third-order valence-electron chi connectivity index (χ3n) is 4.35. The second-order valence-corrected chi connectivity index (χ2v) is 6.23. The van der Waals surface area contributed by atoms with Gasteiger partial charge in [-0.05, 0) is 63.2 Å². The molecule has 1 aliphatic rings. The van der Waals surface area contributed by atoms with Crippen molar-refractivity contribution in [2.75, 3.05) is 26.2 Å². The van der Waals surface area contributed by atoms with Crippen molar-refractivity contribution in [2.45, 2.75) is 40.0 Å². The van der Waals surface area contributed by atoms with Crippen LogP contribution in [0.15, 0.2) is 18.2 Å². The van der Waals surface area contributed by atoms with E-state index in [4.69, 9.17) is 0 Å². The van der Waals surface area contributed by atoms with Gasteiger partial charge >= 0.3 is 0 Å². The van der Waals surface area contributed by atoms with Crippen molar-refractivity contribution in [3.63, 3.8) is 0 Å². The molecule has 2 rings (SSSR count). The fourth-order valence-corrected chi connectivity index (χ4v) is 3.25. The number of carbonyl (C=O) groups is 1. The lowest BCUT2D eigenvalue weighted by atomic mass is 9.97. The fourth-order valence-electron chi connectivity index (χ4n) is 3.25. The molecule has 1 amide bonds. The Labute approximate surface area is 128 Å². The number of hydrogen-bond donors (Lipinski definition) is 1. The van der Waals surface area contributed by atoms with E-state index in [1.165, 1.54) is 12.8 Å². The summed E-state index contributed by atoms with van der Waals surface area (Å²) in [5, 5.41) is 3.45. The Hall–Kier alpha value is -1.35. The molecule has 1 heterocycles. The monoisotopic (exact) mass is 288 g/mol. The number of nitrogens with one attached hydrogen (secondary N) is 1. The van der Waals surface area contributed by atoms with Crippen molar-refractivity contribution in [3.05, 3.63) is 34.9 Å². The van der Waals surface area contributed by atoms with Gasteiger partial charge < -0.3 is 10.2 Å². The number of amides is 1. The molecule has 0 radical (unpaired) electrons. The van der Waals surface area contributed by atoms with Crippen LogP contribution in [-0.2, 0) is 0 Å². The molecule has 0 saturated carbocycles. The first-order valence-corrected chi connectivity index (χ1v) is 8.19. The second-order valence-electron chi connectivity index (χ2n) is 6.23. The minimum atomic E-state index is 0.207. The van der Waals surface area contributed by atoms with Gasteiger partial charge in [0.25, 0.3) is 5.91 Å². The Morgan fingerprint density at radius 1 is 1.33 bits per heavy atom. The molecule has 1 atom stereocenters. The van der Waals surface area contributed by atoms with Crippen LogP contribution in [0.1, 0.15) is 47.7 Å². The summed E-state index contributed by atoms with van der Waals surface area (Å²) in [5.74, 6) is 0.802. The summed E-state index contributed by atoms with van der Waals surface area (Å²) in [6.45, 7) is 10.1. The first-order valence-electron chi connectivity index (χ1n) is 8.19. The third kappa shape index (κ3) is 4.07. The molecule has 3 nitrogen and oxygen atoms in total. The number of hydrogen-bond acceptors (Lipinski definition) is 2. The van der Waals surface area contributed by atoms with Gasteiger partial charge in [0.15, 0.2) is 0 Å². The highest BCUT2D eigenvalue weighted by Crippen LogP contribution is 2.19. The number of piperidine rings is 1. The zero-order valence-electron chi connectivity index (χ0n) is 13.6. The van der Waals surface area contributed by atoms with Gasteiger partial charge in [0, 0.05) is 18.7 Å². The Bertz CT molecular complexity index is 458. The molecule has 1 unspecified atom stereocenters. The maximum Gasteiger partial charge on any atom is 0.254 e. The van der Waals surface area contributed by atoms with E-state index < -0.39 is 0 Å². The van der Waals surface area contributed by atoms with Crippen molar-refractivity contribution < 1.29 is 4.79 Å². The largest absolute Gasteiger partial charge is 0.338 e. The number of nitrogens with zero attached hydrogens (tertiary/aromatic N) is 1. The highest BCUT2D eigenvalue weighted by molar-refractivity contribution is 5.97. The van der Waals surface area contributed by atoms with Crippen LogP contribution in [-0.4, -0.2) is 37.0 Å². The molecule has 1 aliphatic heterocycles. The summed E-state index contributed by atoms with van der Waals surface area (Å²) in [7, 11) is 0. The lowest BCUT2D eigenvalue weighted by molar-refractivity contribution is 0.0717. The van der Waals surface area contributed by atoms with Gasteiger partial charge in [-0.1, -0.05) is 25.1 Å². The molecule has 0 bridgehead atoms. The Morgan fingerprint density at radius 2 is 2.05 bits per heavy atom. The topological polar surface area (TPSA) is 32.3 Å². The first-order chi connectivity index (χ1) is 10.1. The van der Waals surface area contributed by atoms with E-state index in [0.717, 1.165) is 49.3 Å². The number of benzene rings is 1. The molecule has 1 saturated heterocycles. The zero-order chi connectivity index (χ0) is 15.2. The number of carbonyl (C=O) groups excluding carboxylic acids is 1. The number of aryl methyl sites for hydroxylation is 2. The molecule has 1 N–H and O–H groups in total. The van der Waals surface area contributed by atoms with E-state index in [1.807, 2.05) is 32.0 Å². The predicted octanol–water partition coefficient (Wildman–Crippen LogP) is 3.16. The van der Waals surface area contributed by atoms with Crippen LogP contribution >= 0.6 is 0 Å². The minimum absolute atomic E-state index is 0.207.